The first-order valence-corrected chi connectivity index (χ1v) is 19.2. The summed E-state index contributed by atoms with van der Waals surface area (Å²) in [6, 6.07) is 25.4. The van der Waals surface area contributed by atoms with Crippen molar-refractivity contribution in [3.05, 3.63) is 151 Å². The van der Waals surface area contributed by atoms with Gasteiger partial charge in [-0.05, 0) is 61.1 Å². The zero-order valence-corrected chi connectivity index (χ0v) is 31.5. The maximum Gasteiger partial charge on any atom is 0.341 e. The predicted octanol–water partition coefficient (Wildman–Crippen LogP) is 13.0. The Balaban J connectivity index is 1.21. The van der Waals surface area contributed by atoms with E-state index in [0.29, 0.717) is 5.56 Å². The number of anilines is 2. The normalized spacial score (nSPS) is 19.9. The summed E-state index contributed by atoms with van der Waals surface area (Å²) < 4.78 is 6.17. The lowest BCUT2D eigenvalue weighted by atomic mass is 9.90. The Hall–Kier alpha value is -3.49. The number of esters is 1. The van der Waals surface area contributed by atoms with Crippen LogP contribution < -0.4 is 9.80 Å². The fourth-order valence-electron chi connectivity index (χ4n) is 6.91. The number of thioether (sulfide) groups is 2. The maximum absolute atomic E-state index is 13.5. The van der Waals surface area contributed by atoms with E-state index < -0.39 is 11.6 Å². The lowest BCUT2D eigenvalue weighted by Gasteiger charge is -2.23. The first kappa shape index (κ1) is 33.6. The van der Waals surface area contributed by atoms with Crippen LogP contribution in [0.15, 0.2) is 129 Å². The van der Waals surface area contributed by atoms with Crippen LogP contribution in [0.1, 0.15) is 29.8 Å². The van der Waals surface area contributed by atoms with Crippen molar-refractivity contribution in [2.45, 2.75) is 29.2 Å². The first-order valence-electron chi connectivity index (χ1n) is 16.1. The van der Waals surface area contributed by atoms with Gasteiger partial charge in [-0.15, -0.1) is 0 Å². The second-order valence-electron chi connectivity index (χ2n) is 11.9. The molecule has 8 rings (SSSR count). The predicted molar refractivity (Wildman–Crippen MR) is 214 cm³/mol. The highest BCUT2D eigenvalue weighted by molar-refractivity contribution is 8.04. The number of carbonyl (C=O) groups excluding carboxylic acids is 1. The van der Waals surface area contributed by atoms with E-state index in [0.717, 1.165) is 23.1 Å². The molecule has 0 spiro atoms. The van der Waals surface area contributed by atoms with Crippen molar-refractivity contribution in [3.8, 4) is 0 Å². The number of hydrogen-bond donors (Lipinski definition) is 0. The Morgan fingerprint density at radius 1 is 0.660 bits per heavy atom. The van der Waals surface area contributed by atoms with E-state index in [4.69, 9.17) is 51.1 Å². The van der Waals surface area contributed by atoms with Crippen LogP contribution in [0.3, 0.4) is 0 Å². The summed E-state index contributed by atoms with van der Waals surface area (Å²) in [6.45, 7) is 5.83. The highest BCUT2D eigenvalue weighted by Crippen LogP contribution is 2.53. The lowest BCUT2D eigenvalue weighted by molar-refractivity contribution is 0.0297. The molecular weight excluding hydrogens is 746 g/mol. The van der Waals surface area contributed by atoms with Gasteiger partial charge in [-0.3, -0.25) is 0 Å². The molecule has 3 heterocycles. The average Bonchev–Trinajstić information content (AvgIpc) is 3.78. The molecule has 3 aliphatic heterocycles. The van der Waals surface area contributed by atoms with E-state index in [9.17, 15) is 4.79 Å². The molecular formula is C40H28Cl4N2O2S2. The van der Waals surface area contributed by atoms with Crippen molar-refractivity contribution >= 4 is 109 Å². The molecule has 5 aromatic rings. The number of nitrogens with zero attached hydrogens (tertiary/aromatic N) is 2. The Morgan fingerprint density at radius 2 is 1.14 bits per heavy atom. The second kappa shape index (κ2) is 13.2. The van der Waals surface area contributed by atoms with E-state index in [-0.39, 0.29) is 25.7 Å². The van der Waals surface area contributed by atoms with Gasteiger partial charge in [-0.2, -0.15) is 0 Å². The Morgan fingerprint density at radius 3 is 1.64 bits per heavy atom. The molecule has 10 heteroatoms. The van der Waals surface area contributed by atoms with E-state index in [1.165, 1.54) is 42.7 Å². The van der Waals surface area contributed by atoms with Crippen molar-refractivity contribution in [1.82, 2.24) is 0 Å². The van der Waals surface area contributed by atoms with Gasteiger partial charge in [0.25, 0.3) is 0 Å². The number of halogens is 4. The molecule has 0 radical (unpaired) electrons. The van der Waals surface area contributed by atoms with Crippen LogP contribution in [0.5, 0.6) is 0 Å². The summed E-state index contributed by atoms with van der Waals surface area (Å²) in [6.07, 6.45) is 11.5. The smallest absolute Gasteiger partial charge is 0.341 e. The molecule has 250 valence electrons. The van der Waals surface area contributed by atoms with E-state index >= 15 is 0 Å². The molecule has 0 aromatic heterocycles. The number of benzene rings is 5. The minimum atomic E-state index is -1.41. The molecule has 50 heavy (non-hydrogen) atoms. The summed E-state index contributed by atoms with van der Waals surface area (Å²) in [5, 5.41) is 7.08. The van der Waals surface area contributed by atoms with Crippen LogP contribution in [0, 0.1) is 0 Å². The molecule has 0 fully saturated rings. The standard InChI is InChI=1S/C40H28Cl4N2O2S2/c1-3-45-29(49-27-19-17-23-11-5-7-13-25(23)37(27)45)15-9-21-40(32-31(39(47)48-40)33(41)35(43)36(44)34(32)42)22-10-16-30-46(4-2)38-26-14-8-6-12-24(26)18-20-28(38)50-30/h5-22H,3-4H2,1-2H3/b21-9+,22-10+,29-15-,30-16+. The van der Waals surface area contributed by atoms with Gasteiger partial charge in [-0.1, -0.05) is 143 Å². The summed E-state index contributed by atoms with van der Waals surface area (Å²) in [4.78, 5) is 20.5. The third-order valence-corrected chi connectivity index (χ3v) is 13.2. The second-order valence-corrected chi connectivity index (χ2v) is 15.5. The molecule has 0 bridgehead atoms. The number of hydrogen-bond acceptors (Lipinski definition) is 6. The van der Waals surface area contributed by atoms with Crippen molar-refractivity contribution in [2.24, 2.45) is 0 Å². The topological polar surface area (TPSA) is 32.8 Å². The van der Waals surface area contributed by atoms with Gasteiger partial charge in [0.1, 0.15) is 0 Å². The fourth-order valence-corrected chi connectivity index (χ4v) is 10.3. The molecule has 0 N–H and O–H groups in total. The van der Waals surface area contributed by atoms with Crippen LogP contribution >= 0.6 is 69.9 Å². The largest absolute Gasteiger partial charge is 0.442 e. The van der Waals surface area contributed by atoms with Gasteiger partial charge in [0, 0.05) is 39.2 Å². The quantitative estimate of drug-likeness (QED) is 0.0971. The summed E-state index contributed by atoms with van der Waals surface area (Å²) >= 11 is 29.9. The zero-order chi connectivity index (χ0) is 34.7. The van der Waals surface area contributed by atoms with Gasteiger partial charge < -0.3 is 14.5 Å². The molecule has 0 saturated carbocycles. The zero-order valence-electron chi connectivity index (χ0n) is 26.8. The first-order chi connectivity index (χ1) is 24.3. The van der Waals surface area contributed by atoms with Gasteiger partial charge in [0.2, 0.25) is 0 Å². The highest BCUT2D eigenvalue weighted by Gasteiger charge is 2.47. The molecule has 0 amide bonds. The van der Waals surface area contributed by atoms with E-state index in [1.54, 1.807) is 23.5 Å². The number of rotatable bonds is 6. The van der Waals surface area contributed by atoms with Gasteiger partial charge in [-0.25, -0.2) is 4.79 Å². The summed E-state index contributed by atoms with van der Waals surface area (Å²) in [5.74, 6) is -0.631. The highest BCUT2D eigenvalue weighted by atomic mass is 35.5. The minimum Gasteiger partial charge on any atom is -0.442 e. The van der Waals surface area contributed by atoms with Crippen LogP contribution in [0.4, 0.5) is 11.4 Å². The van der Waals surface area contributed by atoms with E-state index in [2.05, 4.69) is 96.4 Å². The Kier molecular flexibility index (Phi) is 8.91. The Labute approximate surface area is 318 Å². The number of ether oxygens (including phenoxy) is 1. The molecule has 0 saturated heterocycles. The van der Waals surface area contributed by atoms with Crippen LogP contribution in [0.2, 0.25) is 20.1 Å². The lowest BCUT2D eigenvalue weighted by Crippen LogP contribution is -2.21. The fraction of sp³-hybridized carbons (Fsp3) is 0.125. The van der Waals surface area contributed by atoms with Gasteiger partial charge in [0.05, 0.1) is 47.1 Å². The van der Waals surface area contributed by atoms with Crippen molar-refractivity contribution < 1.29 is 9.53 Å². The molecule has 3 aliphatic rings. The number of allylic oxidation sites excluding steroid dienone is 4. The van der Waals surface area contributed by atoms with Crippen molar-refractivity contribution in [1.29, 1.82) is 0 Å². The molecule has 0 aliphatic carbocycles. The van der Waals surface area contributed by atoms with Crippen LogP contribution in [-0.2, 0) is 10.3 Å². The van der Waals surface area contributed by atoms with Gasteiger partial charge in [0.15, 0.2) is 5.60 Å². The monoisotopic (exact) mass is 772 g/mol. The third-order valence-electron chi connectivity index (χ3n) is 9.15. The maximum atomic E-state index is 13.5. The van der Waals surface area contributed by atoms with Crippen LogP contribution in [0.25, 0.3) is 21.5 Å². The molecule has 5 aromatic carbocycles. The molecule has 1 unspecified atom stereocenters. The van der Waals surface area contributed by atoms with Crippen molar-refractivity contribution in [3.63, 3.8) is 0 Å². The molecule has 1 atom stereocenters. The SMILES string of the molecule is CCN1/C(=C/C=C/C2(/C=C/C=C3/Sc4ccc5ccccc5c4N3CC)OC(=O)c3c(Cl)c(Cl)c(Cl)c(Cl)c32)Sc2ccc3ccccc3c21. The summed E-state index contributed by atoms with van der Waals surface area (Å²) in [7, 11) is 0. The average molecular weight is 775 g/mol. The van der Waals surface area contributed by atoms with Gasteiger partial charge >= 0.3 is 5.97 Å². The Bertz CT molecular complexity index is 2260. The van der Waals surface area contributed by atoms with E-state index in [1.807, 2.05) is 36.5 Å². The number of fused-ring (bicyclic) bond motifs is 7. The summed E-state index contributed by atoms with van der Waals surface area (Å²) in [5.41, 5.74) is 1.43. The number of carbonyl (C=O) groups is 1. The number of cyclic esters (lactones) is 1. The van der Waals surface area contributed by atoms with Crippen LogP contribution in [-0.4, -0.2) is 19.1 Å². The minimum absolute atomic E-state index is 0.0121. The van der Waals surface area contributed by atoms with Crippen molar-refractivity contribution in [2.75, 3.05) is 22.9 Å². The third kappa shape index (κ3) is 5.35. The molecule has 4 nitrogen and oxygen atoms in total.